The van der Waals surface area contributed by atoms with Crippen molar-refractivity contribution in [2.45, 2.75) is 99.3 Å². The molecule has 0 spiro atoms. The molecule has 0 bridgehead atoms. The molecule has 0 aromatic rings. The zero-order chi connectivity index (χ0) is 35.2. The summed E-state index contributed by atoms with van der Waals surface area (Å²) in [4.78, 5) is 67.7. The van der Waals surface area contributed by atoms with Crippen molar-refractivity contribution in [3.05, 3.63) is 0 Å². The third-order valence-corrected chi connectivity index (χ3v) is 11.9. The van der Waals surface area contributed by atoms with Gasteiger partial charge in [-0.1, -0.05) is 62.3 Å². The van der Waals surface area contributed by atoms with Crippen LogP contribution in [0.5, 0.6) is 0 Å². The van der Waals surface area contributed by atoms with Crippen LogP contribution in [0.1, 0.15) is 75.2 Å². The minimum Gasteiger partial charge on any atom is -0.353 e. The fraction of sp³-hybridized carbons (Fsp3) is 0.839. The van der Waals surface area contributed by atoms with Crippen LogP contribution in [0.2, 0.25) is 0 Å². The van der Waals surface area contributed by atoms with Crippen LogP contribution < -0.4 is 21.3 Å². The minimum absolute atomic E-state index is 0.0613. The lowest BCUT2D eigenvalue weighted by atomic mass is 9.85. The highest BCUT2D eigenvalue weighted by Crippen LogP contribution is 2.65. The highest BCUT2D eigenvalue weighted by atomic mass is 32.2. The molecule has 0 aromatic carbocycles. The Morgan fingerprint density at radius 3 is 2.07 bits per heavy atom. The molecule has 3 fully saturated rings. The number of carbonyl (C=O) groups is 5. The Kier molecular flexibility index (Phi) is 11.0. The van der Waals surface area contributed by atoms with Crippen molar-refractivity contribution in [2.75, 3.05) is 40.3 Å². The normalized spacial score (nSPS) is 26.2. The molecule has 5 amide bonds. The summed E-state index contributed by atoms with van der Waals surface area (Å²) in [5, 5.41) is 10.8. The lowest BCUT2D eigenvalue weighted by molar-refractivity contribution is -0.145. The molecule has 3 rings (SSSR count). The lowest BCUT2D eigenvalue weighted by Crippen LogP contribution is -2.63. The number of ketones is 1. The molecule has 262 valence electrons. The smallest absolute Gasteiger partial charge is 0.315 e. The zero-order valence-corrected chi connectivity index (χ0v) is 30.1. The van der Waals surface area contributed by atoms with Crippen molar-refractivity contribution < 1.29 is 32.4 Å². The Morgan fingerprint density at radius 2 is 1.54 bits per heavy atom. The van der Waals surface area contributed by atoms with Crippen LogP contribution in [0.25, 0.3) is 0 Å². The first-order valence-corrected chi connectivity index (χ1v) is 17.5. The van der Waals surface area contributed by atoms with Crippen LogP contribution in [-0.4, -0.2) is 116 Å². The lowest BCUT2D eigenvalue weighted by Gasteiger charge is -2.40. The van der Waals surface area contributed by atoms with Gasteiger partial charge in [-0.05, 0) is 40.9 Å². The van der Waals surface area contributed by atoms with Crippen molar-refractivity contribution in [1.82, 2.24) is 34.8 Å². The molecule has 2 saturated heterocycles. The fourth-order valence-corrected chi connectivity index (χ4v) is 8.12. The van der Waals surface area contributed by atoms with E-state index in [-0.39, 0.29) is 30.2 Å². The fourth-order valence-electron chi connectivity index (χ4n) is 6.67. The van der Waals surface area contributed by atoms with Gasteiger partial charge in [0.25, 0.3) is 16.1 Å². The average Bonchev–Trinajstić information content (AvgIpc) is 3.26. The summed E-state index contributed by atoms with van der Waals surface area (Å²) in [6.45, 7) is 18.1. The topological polar surface area (TPSA) is 177 Å². The summed E-state index contributed by atoms with van der Waals surface area (Å²) in [5.41, 5.74) is -1.47. The molecule has 14 nitrogen and oxygen atoms in total. The molecule has 1 unspecified atom stereocenters. The summed E-state index contributed by atoms with van der Waals surface area (Å²) in [7, 11) is -0.780. The number of piperidine rings is 1. The van der Waals surface area contributed by atoms with Gasteiger partial charge in [0.15, 0.2) is 0 Å². The Labute approximate surface area is 274 Å². The molecule has 6 atom stereocenters. The van der Waals surface area contributed by atoms with E-state index in [1.807, 2.05) is 55.4 Å². The second-order valence-electron chi connectivity index (χ2n) is 15.7. The summed E-state index contributed by atoms with van der Waals surface area (Å²) in [6.07, 6.45) is 0.869. The van der Waals surface area contributed by atoms with Crippen molar-refractivity contribution in [2.24, 2.45) is 28.1 Å². The van der Waals surface area contributed by atoms with Crippen molar-refractivity contribution >= 4 is 39.7 Å². The summed E-state index contributed by atoms with van der Waals surface area (Å²) in [6, 6.07) is -4.14. The number of hydrogen-bond donors (Lipinski definition) is 4. The van der Waals surface area contributed by atoms with E-state index in [9.17, 15) is 32.4 Å². The van der Waals surface area contributed by atoms with E-state index in [1.54, 1.807) is 6.92 Å². The average molecular weight is 670 g/mol. The summed E-state index contributed by atoms with van der Waals surface area (Å²) in [5.74, 6) is -2.58. The van der Waals surface area contributed by atoms with Crippen LogP contribution >= 0.6 is 0 Å². The van der Waals surface area contributed by atoms with Gasteiger partial charge in [0, 0.05) is 46.3 Å². The van der Waals surface area contributed by atoms with E-state index in [2.05, 4.69) is 21.3 Å². The highest BCUT2D eigenvalue weighted by Gasteiger charge is 2.70. The Balaban J connectivity index is 1.82. The van der Waals surface area contributed by atoms with Gasteiger partial charge < -0.3 is 26.2 Å². The minimum atomic E-state index is -3.66. The van der Waals surface area contributed by atoms with Crippen LogP contribution in [0, 0.1) is 28.1 Å². The maximum atomic E-state index is 14.3. The maximum Gasteiger partial charge on any atom is 0.315 e. The SMILES string of the molecule is CCC(NC(=O)[C@@H]1[C@@H]2[C@H](CN1C(=O)[C@@H](NC(=O)N[C@H](CN1CCCN(C)S1(=O)=O)C(C)(C)C)C(C)(C)C)C2(C)C)C(=O)C(=O)NC. The molecular weight excluding hydrogens is 614 g/mol. The van der Waals surface area contributed by atoms with Gasteiger partial charge in [0.2, 0.25) is 17.6 Å². The maximum absolute atomic E-state index is 14.3. The van der Waals surface area contributed by atoms with Gasteiger partial charge >= 0.3 is 6.03 Å². The monoisotopic (exact) mass is 669 g/mol. The van der Waals surface area contributed by atoms with E-state index in [0.717, 1.165) is 0 Å². The van der Waals surface area contributed by atoms with Crippen molar-refractivity contribution in [3.63, 3.8) is 0 Å². The van der Waals surface area contributed by atoms with Gasteiger partial charge in [-0.25, -0.2) is 4.79 Å². The first-order chi connectivity index (χ1) is 21.0. The van der Waals surface area contributed by atoms with Crippen molar-refractivity contribution in [1.29, 1.82) is 0 Å². The van der Waals surface area contributed by atoms with E-state index in [1.165, 1.54) is 27.6 Å². The third kappa shape index (κ3) is 7.67. The Bertz CT molecular complexity index is 1320. The van der Waals surface area contributed by atoms with E-state index < -0.39 is 74.7 Å². The van der Waals surface area contributed by atoms with Crippen LogP contribution in [-0.2, 0) is 29.4 Å². The first-order valence-electron chi connectivity index (χ1n) is 16.1. The second kappa shape index (κ2) is 13.4. The number of likely N-dealkylation sites (tertiary alicyclic amines) is 1. The van der Waals surface area contributed by atoms with Gasteiger partial charge in [-0.2, -0.15) is 17.0 Å². The largest absolute Gasteiger partial charge is 0.353 e. The quantitative estimate of drug-likeness (QED) is 0.247. The first kappa shape index (κ1) is 37.7. The van der Waals surface area contributed by atoms with Crippen LogP contribution in [0.3, 0.4) is 0 Å². The van der Waals surface area contributed by atoms with Gasteiger partial charge in [-0.15, -0.1) is 0 Å². The number of nitrogens with zero attached hydrogens (tertiary/aromatic N) is 3. The predicted molar refractivity (Wildman–Crippen MR) is 173 cm³/mol. The Morgan fingerprint density at radius 1 is 0.935 bits per heavy atom. The van der Waals surface area contributed by atoms with Gasteiger partial charge in [0.1, 0.15) is 12.1 Å². The zero-order valence-electron chi connectivity index (χ0n) is 29.3. The molecule has 1 saturated carbocycles. The summed E-state index contributed by atoms with van der Waals surface area (Å²) >= 11 is 0. The molecule has 2 heterocycles. The van der Waals surface area contributed by atoms with Crippen LogP contribution in [0.15, 0.2) is 0 Å². The van der Waals surface area contributed by atoms with E-state index in [0.29, 0.717) is 26.1 Å². The number of fused-ring (bicyclic) bond motifs is 1. The number of rotatable bonds is 10. The molecule has 15 heteroatoms. The molecular formula is C31H55N7O7S. The predicted octanol–water partition coefficient (Wildman–Crippen LogP) is 0.690. The van der Waals surface area contributed by atoms with Crippen molar-refractivity contribution in [3.8, 4) is 0 Å². The molecule has 0 aromatic heterocycles. The standard InChI is InChI=1S/C31H55N7O7S/c1-12-19(23(39)26(41)32-10)33-25(40)22-21-18(31(21,8)9)16-38(22)27(42)24(30(5,6)7)35-28(43)34-20(29(2,3)4)17-37-15-13-14-36(11)46(37,44)45/h18-22,24H,12-17H2,1-11H3,(H,32,41)(H,33,40)(H2,34,35,43)/t18-,19?,20+,21-,22-,24+/m0/s1. The number of hydrogen-bond acceptors (Lipinski definition) is 7. The molecule has 3 aliphatic rings. The number of likely N-dealkylation sites (N-methyl/N-ethyl adjacent to an activating group) is 1. The third-order valence-electron chi connectivity index (χ3n) is 9.98. The number of amides is 5. The van der Waals surface area contributed by atoms with Gasteiger partial charge in [-0.3, -0.25) is 19.2 Å². The van der Waals surface area contributed by atoms with Crippen LogP contribution in [0.4, 0.5) is 4.79 Å². The molecule has 46 heavy (non-hydrogen) atoms. The number of urea groups is 1. The second-order valence-corrected chi connectivity index (χ2v) is 17.7. The Hall–Kier alpha value is -2.78. The van der Waals surface area contributed by atoms with Gasteiger partial charge in [0.05, 0.1) is 6.04 Å². The number of Topliss-reactive ketones (excluding diaryl/α,β-unsaturated/α-hetero) is 1. The number of nitrogens with one attached hydrogen (secondary N) is 4. The molecule has 0 radical (unpaired) electrons. The van der Waals surface area contributed by atoms with E-state index in [4.69, 9.17) is 0 Å². The summed E-state index contributed by atoms with van der Waals surface area (Å²) < 4.78 is 28.6. The van der Waals surface area contributed by atoms with E-state index >= 15 is 0 Å². The molecule has 2 aliphatic heterocycles. The highest BCUT2D eigenvalue weighted by molar-refractivity contribution is 7.86. The molecule has 1 aliphatic carbocycles. The number of carbonyl (C=O) groups excluding carboxylic acids is 5. The molecule has 4 N–H and O–H groups in total.